The number of likely N-dealkylation sites (N-methyl/N-ethyl adjacent to an activating group) is 1. The highest BCUT2D eigenvalue weighted by atomic mass is 19.1. The van der Waals surface area contributed by atoms with Crippen LogP contribution < -0.4 is 21.1 Å². The molecule has 0 aliphatic carbocycles. The van der Waals surface area contributed by atoms with Crippen molar-refractivity contribution in [3.63, 3.8) is 0 Å². The third-order valence-electron chi connectivity index (χ3n) is 5.05. The topological polar surface area (TPSA) is 124 Å². The smallest absolute Gasteiger partial charge is 0.229 e. The maximum Gasteiger partial charge on any atom is 0.229 e. The summed E-state index contributed by atoms with van der Waals surface area (Å²) in [6.45, 7) is 3.28. The molecule has 3 aromatic rings. The van der Waals surface area contributed by atoms with Crippen LogP contribution in [0.2, 0.25) is 0 Å². The molecule has 9 nitrogen and oxygen atoms in total. The molecule has 2 aromatic carbocycles. The molecule has 0 bridgehead atoms. The molecule has 4 N–H and O–H groups in total. The standard InChI is InChI=1S/C26H29FN8O/c1-18-15-31-26(32-20(13-28)16-30-11-12-35(2)3)34-25(18)33-23-9-6-10-24(21(23)14-29)36-17-19-7-4-5-8-22(19)27/h4-10,13,15-16H,11-12,17,28H2,1-3H3,(H2,31,32,33,34). The average Bonchev–Trinajstić information content (AvgIpc) is 2.87. The van der Waals surface area contributed by atoms with Gasteiger partial charge in [-0.3, -0.25) is 4.99 Å². The van der Waals surface area contributed by atoms with E-state index in [4.69, 9.17) is 10.5 Å². The first-order valence-electron chi connectivity index (χ1n) is 11.2. The van der Waals surface area contributed by atoms with Gasteiger partial charge in [0.2, 0.25) is 5.95 Å². The molecule has 3 rings (SSSR count). The van der Waals surface area contributed by atoms with Crippen LogP contribution in [-0.2, 0) is 6.61 Å². The zero-order chi connectivity index (χ0) is 25.9. The summed E-state index contributed by atoms with van der Waals surface area (Å²) in [7, 11) is 3.95. The zero-order valence-electron chi connectivity index (χ0n) is 20.5. The van der Waals surface area contributed by atoms with Gasteiger partial charge in [-0.25, -0.2) is 9.37 Å². The van der Waals surface area contributed by atoms with Crippen molar-refractivity contribution < 1.29 is 9.13 Å². The van der Waals surface area contributed by atoms with Gasteiger partial charge in [0.25, 0.3) is 0 Å². The largest absolute Gasteiger partial charge is 0.487 e. The quantitative estimate of drug-likeness (QED) is 0.347. The van der Waals surface area contributed by atoms with E-state index >= 15 is 0 Å². The number of ether oxygens (including phenoxy) is 1. The predicted octanol–water partition coefficient (Wildman–Crippen LogP) is 3.96. The maximum absolute atomic E-state index is 14.0. The normalized spacial score (nSPS) is 11.5. The highest BCUT2D eigenvalue weighted by Crippen LogP contribution is 2.29. The van der Waals surface area contributed by atoms with Crippen LogP contribution in [0.3, 0.4) is 0 Å². The van der Waals surface area contributed by atoms with Crippen LogP contribution in [0.15, 0.2) is 65.6 Å². The lowest BCUT2D eigenvalue weighted by Gasteiger charge is -2.14. The number of halogens is 1. The second-order valence-electron chi connectivity index (χ2n) is 8.11. The first-order valence-corrected chi connectivity index (χ1v) is 11.2. The number of hydrogen-bond donors (Lipinski definition) is 3. The van der Waals surface area contributed by atoms with Crippen LogP contribution in [0.4, 0.5) is 21.8 Å². The Hall–Kier alpha value is -4.49. The summed E-state index contributed by atoms with van der Waals surface area (Å²) in [4.78, 5) is 15.2. The molecule has 0 unspecified atom stereocenters. The van der Waals surface area contributed by atoms with Crippen molar-refractivity contribution in [2.45, 2.75) is 13.5 Å². The molecule has 0 saturated heterocycles. The summed E-state index contributed by atoms with van der Waals surface area (Å²) in [5.41, 5.74) is 8.20. The summed E-state index contributed by atoms with van der Waals surface area (Å²) in [5, 5.41) is 16.0. The minimum Gasteiger partial charge on any atom is -0.487 e. The molecule has 36 heavy (non-hydrogen) atoms. The molecule has 0 atom stereocenters. The predicted molar refractivity (Wildman–Crippen MR) is 140 cm³/mol. The molecule has 1 heterocycles. The fraction of sp³-hybridized carbons (Fsp3) is 0.231. The Morgan fingerprint density at radius 2 is 2.06 bits per heavy atom. The van der Waals surface area contributed by atoms with E-state index in [2.05, 4.69) is 31.7 Å². The Morgan fingerprint density at radius 1 is 1.25 bits per heavy atom. The van der Waals surface area contributed by atoms with E-state index in [9.17, 15) is 9.65 Å². The number of aromatic nitrogens is 2. The Kier molecular flexibility index (Phi) is 9.31. The third-order valence-corrected chi connectivity index (χ3v) is 5.05. The SMILES string of the molecule is Cc1cnc(NC(C=NCCN(C)C)=CN)nc1Nc1cccc(OCc2ccccc2F)c1C#N. The van der Waals surface area contributed by atoms with E-state index in [-0.39, 0.29) is 18.0 Å². The summed E-state index contributed by atoms with van der Waals surface area (Å²) >= 11 is 0. The van der Waals surface area contributed by atoms with Crippen LogP contribution in [-0.4, -0.2) is 48.3 Å². The zero-order valence-corrected chi connectivity index (χ0v) is 20.5. The minimum absolute atomic E-state index is 0.00426. The molecule has 186 valence electrons. The van der Waals surface area contributed by atoms with E-state index in [1.807, 2.05) is 25.9 Å². The molecule has 10 heteroatoms. The molecule has 0 amide bonds. The number of hydrogen-bond acceptors (Lipinski definition) is 9. The van der Waals surface area contributed by atoms with Gasteiger partial charge < -0.3 is 26.0 Å². The van der Waals surface area contributed by atoms with Crippen LogP contribution in [0.1, 0.15) is 16.7 Å². The van der Waals surface area contributed by atoms with Gasteiger partial charge in [0.05, 0.1) is 17.9 Å². The van der Waals surface area contributed by atoms with Crippen molar-refractivity contribution in [3.8, 4) is 11.8 Å². The van der Waals surface area contributed by atoms with Gasteiger partial charge >= 0.3 is 0 Å². The number of benzene rings is 2. The van der Waals surface area contributed by atoms with Gasteiger partial charge in [0.1, 0.15) is 35.6 Å². The Morgan fingerprint density at radius 3 is 2.78 bits per heavy atom. The number of allylic oxidation sites excluding steroid dienone is 1. The summed E-state index contributed by atoms with van der Waals surface area (Å²) in [6, 6.07) is 13.7. The Bertz CT molecular complexity index is 1280. The number of nitrogens with zero attached hydrogens (tertiary/aromatic N) is 5. The number of rotatable bonds is 11. The number of anilines is 3. The number of aliphatic imine (C=N–C) groups is 1. The van der Waals surface area contributed by atoms with Crippen molar-refractivity contribution in [1.29, 1.82) is 5.26 Å². The van der Waals surface area contributed by atoms with Crippen LogP contribution in [0.5, 0.6) is 5.75 Å². The Balaban J connectivity index is 1.76. The first kappa shape index (κ1) is 26.1. The van der Waals surface area contributed by atoms with Crippen molar-refractivity contribution in [2.24, 2.45) is 10.7 Å². The summed E-state index contributed by atoms with van der Waals surface area (Å²) < 4.78 is 19.7. The van der Waals surface area contributed by atoms with Gasteiger partial charge in [-0.1, -0.05) is 24.3 Å². The lowest BCUT2D eigenvalue weighted by molar-refractivity contribution is 0.299. The van der Waals surface area contributed by atoms with E-state index < -0.39 is 0 Å². The fourth-order valence-electron chi connectivity index (χ4n) is 3.06. The number of aryl methyl sites for hydroxylation is 1. The Labute approximate surface area is 210 Å². The molecule has 0 spiro atoms. The molecular weight excluding hydrogens is 459 g/mol. The van der Waals surface area contributed by atoms with Crippen molar-refractivity contribution in [1.82, 2.24) is 14.9 Å². The molecule has 0 aliphatic rings. The second-order valence-corrected chi connectivity index (χ2v) is 8.11. The summed E-state index contributed by atoms with van der Waals surface area (Å²) in [5.74, 6) is 0.772. The van der Waals surface area contributed by atoms with E-state index in [1.165, 1.54) is 12.3 Å². The lowest BCUT2D eigenvalue weighted by atomic mass is 10.1. The molecule has 0 saturated carbocycles. The summed E-state index contributed by atoms with van der Waals surface area (Å²) in [6.07, 6.45) is 4.67. The van der Waals surface area contributed by atoms with Gasteiger partial charge in [0.15, 0.2) is 0 Å². The maximum atomic E-state index is 14.0. The average molecular weight is 489 g/mol. The highest BCUT2D eigenvalue weighted by molar-refractivity contribution is 5.82. The molecule has 0 fully saturated rings. The van der Waals surface area contributed by atoms with Gasteiger partial charge in [-0.2, -0.15) is 10.2 Å². The van der Waals surface area contributed by atoms with Crippen molar-refractivity contribution in [2.75, 3.05) is 37.8 Å². The van der Waals surface area contributed by atoms with E-state index in [1.54, 1.807) is 48.8 Å². The molecule has 0 aliphatic heterocycles. The molecule has 0 radical (unpaired) electrons. The highest BCUT2D eigenvalue weighted by Gasteiger charge is 2.13. The van der Waals surface area contributed by atoms with Gasteiger partial charge in [-0.15, -0.1) is 0 Å². The number of nitriles is 1. The van der Waals surface area contributed by atoms with E-state index in [0.29, 0.717) is 41.0 Å². The van der Waals surface area contributed by atoms with Crippen molar-refractivity contribution in [3.05, 3.63) is 83.1 Å². The number of nitrogens with one attached hydrogen (secondary N) is 2. The first-order chi connectivity index (χ1) is 17.4. The number of nitrogens with two attached hydrogens (primary N) is 1. The van der Waals surface area contributed by atoms with Crippen LogP contribution in [0.25, 0.3) is 0 Å². The fourth-order valence-corrected chi connectivity index (χ4v) is 3.06. The van der Waals surface area contributed by atoms with Crippen LogP contribution >= 0.6 is 0 Å². The monoisotopic (exact) mass is 488 g/mol. The van der Waals surface area contributed by atoms with E-state index in [0.717, 1.165) is 12.1 Å². The van der Waals surface area contributed by atoms with Gasteiger partial charge in [0, 0.05) is 36.3 Å². The second kappa shape index (κ2) is 12.8. The van der Waals surface area contributed by atoms with Crippen molar-refractivity contribution >= 4 is 23.7 Å². The molecular formula is C26H29FN8O. The third kappa shape index (κ3) is 7.25. The van der Waals surface area contributed by atoms with Crippen LogP contribution in [0, 0.1) is 24.1 Å². The lowest BCUT2D eigenvalue weighted by Crippen LogP contribution is -2.16. The minimum atomic E-state index is -0.365. The molecule has 1 aromatic heterocycles. The van der Waals surface area contributed by atoms with Gasteiger partial charge in [-0.05, 0) is 39.2 Å².